The van der Waals surface area contributed by atoms with Gasteiger partial charge in [0.05, 0.1) is 6.54 Å². The zero-order valence-electron chi connectivity index (χ0n) is 13.0. The van der Waals surface area contributed by atoms with Gasteiger partial charge >= 0.3 is 0 Å². The number of nitrogens with zero attached hydrogens (tertiary/aromatic N) is 4. The van der Waals surface area contributed by atoms with Crippen molar-refractivity contribution in [3.8, 4) is 17.7 Å². The van der Waals surface area contributed by atoms with Gasteiger partial charge in [0.15, 0.2) is 6.61 Å². The monoisotopic (exact) mass is 324 g/mol. The summed E-state index contributed by atoms with van der Waals surface area (Å²) in [6, 6.07) is 11.2. The van der Waals surface area contributed by atoms with Crippen molar-refractivity contribution < 1.29 is 14.3 Å². The van der Waals surface area contributed by atoms with Gasteiger partial charge in [-0.05, 0) is 12.1 Å². The molecule has 0 radical (unpaired) electrons. The summed E-state index contributed by atoms with van der Waals surface area (Å²) in [6.07, 6.45) is 3.39. The summed E-state index contributed by atoms with van der Waals surface area (Å²) in [5, 5.41) is 9.00. The Labute approximate surface area is 139 Å². The maximum Gasteiger partial charge on any atom is 0.260 e. The fourth-order valence-electron chi connectivity index (χ4n) is 2.45. The Morgan fingerprint density at radius 1 is 1.29 bits per heavy atom. The van der Waals surface area contributed by atoms with Gasteiger partial charge in [-0.3, -0.25) is 4.79 Å². The number of nitriles is 1. The van der Waals surface area contributed by atoms with E-state index in [9.17, 15) is 4.79 Å². The molecule has 7 heteroatoms. The number of carbonyl (C=O) groups is 1. The average molecular weight is 324 g/mol. The quantitative estimate of drug-likeness (QED) is 0.826. The maximum atomic E-state index is 12.2. The third kappa shape index (κ3) is 3.79. The van der Waals surface area contributed by atoms with Crippen molar-refractivity contribution in [1.29, 1.82) is 5.26 Å². The molecule has 1 saturated heterocycles. The lowest BCUT2D eigenvalue weighted by atomic mass is 10.3. The van der Waals surface area contributed by atoms with Crippen molar-refractivity contribution in [1.82, 2.24) is 14.9 Å². The van der Waals surface area contributed by atoms with Crippen molar-refractivity contribution in [2.45, 2.75) is 12.5 Å². The third-order valence-electron chi connectivity index (χ3n) is 3.65. The van der Waals surface area contributed by atoms with E-state index < -0.39 is 0 Å². The van der Waals surface area contributed by atoms with Crippen molar-refractivity contribution in [3.63, 3.8) is 0 Å². The highest BCUT2D eigenvalue weighted by atomic mass is 16.5. The first-order valence-electron chi connectivity index (χ1n) is 7.59. The van der Waals surface area contributed by atoms with Crippen LogP contribution in [0.3, 0.4) is 0 Å². The van der Waals surface area contributed by atoms with Gasteiger partial charge in [-0.1, -0.05) is 18.2 Å². The van der Waals surface area contributed by atoms with E-state index in [-0.39, 0.29) is 30.2 Å². The lowest BCUT2D eigenvalue weighted by Gasteiger charge is -2.17. The zero-order chi connectivity index (χ0) is 16.8. The molecule has 1 fully saturated rings. The molecule has 1 aliphatic rings. The molecule has 0 aliphatic carbocycles. The summed E-state index contributed by atoms with van der Waals surface area (Å²) >= 11 is 0. The Morgan fingerprint density at radius 2 is 2.08 bits per heavy atom. The molecule has 1 atom stereocenters. The Morgan fingerprint density at radius 3 is 2.88 bits per heavy atom. The van der Waals surface area contributed by atoms with E-state index in [0.29, 0.717) is 25.3 Å². The molecule has 24 heavy (non-hydrogen) atoms. The first kappa shape index (κ1) is 15.7. The Kier molecular flexibility index (Phi) is 4.87. The van der Waals surface area contributed by atoms with E-state index in [0.717, 1.165) is 0 Å². The lowest BCUT2D eigenvalue weighted by molar-refractivity contribution is -0.132. The molecule has 0 bridgehead atoms. The van der Waals surface area contributed by atoms with Crippen LogP contribution in [0.15, 0.2) is 42.7 Å². The van der Waals surface area contributed by atoms with Crippen molar-refractivity contribution in [3.05, 3.63) is 48.4 Å². The number of carbonyl (C=O) groups excluding carboxylic acids is 1. The number of hydrogen-bond acceptors (Lipinski definition) is 6. The minimum Gasteiger partial charge on any atom is -0.484 e. The zero-order valence-corrected chi connectivity index (χ0v) is 13.0. The van der Waals surface area contributed by atoms with Crippen LogP contribution in [0.1, 0.15) is 12.1 Å². The van der Waals surface area contributed by atoms with Crippen molar-refractivity contribution in [2.75, 3.05) is 19.7 Å². The first-order chi connectivity index (χ1) is 11.8. The van der Waals surface area contributed by atoms with E-state index in [4.69, 9.17) is 14.7 Å². The summed E-state index contributed by atoms with van der Waals surface area (Å²) in [7, 11) is 0. The molecule has 2 heterocycles. The third-order valence-corrected chi connectivity index (χ3v) is 3.65. The van der Waals surface area contributed by atoms with E-state index in [2.05, 4.69) is 9.97 Å². The standard InChI is InChI=1S/C17H16N4O3/c18-10-15-17(20-8-7-19-15)24-14-6-9-21(11-14)16(22)12-23-13-4-2-1-3-5-13/h1-5,7-8,14H,6,9,11-12H2. The summed E-state index contributed by atoms with van der Waals surface area (Å²) in [5.74, 6) is 0.778. The van der Waals surface area contributed by atoms with E-state index in [1.165, 1.54) is 12.4 Å². The molecule has 1 aromatic heterocycles. The van der Waals surface area contributed by atoms with E-state index >= 15 is 0 Å². The molecular weight excluding hydrogens is 308 g/mol. The fourth-order valence-corrected chi connectivity index (χ4v) is 2.45. The van der Waals surface area contributed by atoms with Gasteiger partial charge in [-0.25, -0.2) is 9.97 Å². The second kappa shape index (κ2) is 7.42. The van der Waals surface area contributed by atoms with Gasteiger partial charge in [0.25, 0.3) is 11.8 Å². The Balaban J connectivity index is 1.51. The molecule has 1 aliphatic heterocycles. The predicted octanol–water partition coefficient (Wildman–Crippen LogP) is 1.41. The number of benzene rings is 1. The number of likely N-dealkylation sites (tertiary alicyclic amines) is 1. The van der Waals surface area contributed by atoms with Gasteiger partial charge in [0.2, 0.25) is 5.69 Å². The van der Waals surface area contributed by atoms with Crippen LogP contribution >= 0.6 is 0 Å². The van der Waals surface area contributed by atoms with Crippen LogP contribution in [0.5, 0.6) is 11.6 Å². The summed E-state index contributed by atoms with van der Waals surface area (Å²) in [5.41, 5.74) is 0.148. The molecule has 122 valence electrons. The number of hydrogen-bond donors (Lipinski definition) is 0. The van der Waals surface area contributed by atoms with Gasteiger partial charge < -0.3 is 14.4 Å². The minimum absolute atomic E-state index is 0.00861. The second-order valence-corrected chi connectivity index (χ2v) is 5.29. The molecule has 1 unspecified atom stereocenters. The highest BCUT2D eigenvalue weighted by molar-refractivity contribution is 5.78. The van der Waals surface area contributed by atoms with Gasteiger partial charge in [-0.15, -0.1) is 0 Å². The molecule has 0 N–H and O–H groups in total. The lowest BCUT2D eigenvalue weighted by Crippen LogP contribution is -2.34. The van der Waals surface area contributed by atoms with Crippen LogP contribution in [0, 0.1) is 11.3 Å². The highest BCUT2D eigenvalue weighted by Crippen LogP contribution is 2.18. The molecular formula is C17H16N4O3. The molecule has 1 aromatic carbocycles. The van der Waals surface area contributed by atoms with E-state index in [1.54, 1.807) is 17.0 Å². The minimum atomic E-state index is -0.200. The normalized spacial score (nSPS) is 16.5. The molecule has 0 spiro atoms. The number of para-hydroxylation sites is 1. The van der Waals surface area contributed by atoms with Gasteiger partial charge in [-0.2, -0.15) is 5.26 Å². The van der Waals surface area contributed by atoms with Crippen molar-refractivity contribution >= 4 is 5.91 Å². The molecule has 1 amide bonds. The van der Waals surface area contributed by atoms with Gasteiger partial charge in [0.1, 0.15) is 17.9 Å². The summed E-state index contributed by atoms with van der Waals surface area (Å²) < 4.78 is 11.2. The van der Waals surface area contributed by atoms with Crippen LogP contribution in [0.2, 0.25) is 0 Å². The topological polar surface area (TPSA) is 88.3 Å². The number of ether oxygens (including phenoxy) is 2. The van der Waals surface area contributed by atoms with Crippen LogP contribution in [0.4, 0.5) is 0 Å². The number of amides is 1. The van der Waals surface area contributed by atoms with Gasteiger partial charge in [0, 0.05) is 25.4 Å². The largest absolute Gasteiger partial charge is 0.484 e. The van der Waals surface area contributed by atoms with Crippen LogP contribution in [0.25, 0.3) is 0 Å². The van der Waals surface area contributed by atoms with E-state index in [1.807, 2.05) is 24.3 Å². The highest BCUT2D eigenvalue weighted by Gasteiger charge is 2.28. The predicted molar refractivity (Wildman–Crippen MR) is 84.3 cm³/mol. The number of rotatable bonds is 5. The summed E-state index contributed by atoms with van der Waals surface area (Å²) in [4.78, 5) is 21.8. The Hall–Kier alpha value is -3.14. The Bertz CT molecular complexity index is 745. The summed E-state index contributed by atoms with van der Waals surface area (Å²) in [6.45, 7) is 1.02. The fraction of sp³-hybridized carbons (Fsp3) is 0.294. The molecule has 3 rings (SSSR count). The molecule has 2 aromatic rings. The van der Waals surface area contributed by atoms with Crippen LogP contribution in [-0.4, -0.2) is 46.6 Å². The second-order valence-electron chi connectivity index (χ2n) is 5.29. The number of aromatic nitrogens is 2. The molecule has 7 nitrogen and oxygen atoms in total. The molecule has 0 saturated carbocycles. The SMILES string of the molecule is N#Cc1nccnc1OC1CCN(C(=O)COc2ccccc2)C1. The first-order valence-corrected chi connectivity index (χ1v) is 7.59. The van der Waals surface area contributed by atoms with Crippen LogP contribution in [-0.2, 0) is 4.79 Å². The smallest absolute Gasteiger partial charge is 0.260 e. The average Bonchev–Trinajstić information content (AvgIpc) is 3.10. The maximum absolute atomic E-state index is 12.2. The van der Waals surface area contributed by atoms with Crippen molar-refractivity contribution in [2.24, 2.45) is 0 Å². The van der Waals surface area contributed by atoms with Crippen LogP contribution < -0.4 is 9.47 Å².